The number of nitrogens with zero attached hydrogens (tertiary/aromatic N) is 3. The smallest absolute Gasteiger partial charge is 0.360 e. The molecule has 26 heavy (non-hydrogen) atoms. The van der Waals surface area contributed by atoms with E-state index in [-0.39, 0.29) is 17.1 Å². The Kier molecular flexibility index (Phi) is 4.05. The van der Waals surface area contributed by atoms with Gasteiger partial charge in [-0.05, 0) is 24.4 Å². The molecule has 3 heterocycles. The maximum atomic E-state index is 12.5. The fraction of sp³-hybridized carbons (Fsp3) is 0.118. The van der Waals surface area contributed by atoms with Crippen LogP contribution in [0.1, 0.15) is 29.4 Å². The summed E-state index contributed by atoms with van der Waals surface area (Å²) in [6.45, 7) is 1.62. The van der Waals surface area contributed by atoms with Crippen molar-refractivity contribution in [3.8, 4) is 10.8 Å². The molecule has 1 atom stereocenters. The van der Waals surface area contributed by atoms with Crippen LogP contribution in [0.15, 0.2) is 51.0 Å². The molecule has 0 aliphatic carbocycles. The lowest BCUT2D eigenvalue weighted by Crippen LogP contribution is -2.17. The minimum Gasteiger partial charge on any atom is -0.448 e. The van der Waals surface area contributed by atoms with Gasteiger partial charge in [-0.2, -0.15) is 5.10 Å². The van der Waals surface area contributed by atoms with E-state index in [4.69, 9.17) is 9.15 Å². The van der Waals surface area contributed by atoms with Crippen LogP contribution in [0.25, 0.3) is 21.5 Å². The van der Waals surface area contributed by atoms with Gasteiger partial charge < -0.3 is 9.15 Å². The van der Waals surface area contributed by atoms with Gasteiger partial charge in [0, 0.05) is 5.39 Å². The van der Waals surface area contributed by atoms with Gasteiger partial charge in [0.05, 0.1) is 10.3 Å². The molecule has 4 rings (SSSR count). The number of ether oxygens (including phenoxy) is 1. The van der Waals surface area contributed by atoms with E-state index >= 15 is 0 Å². The molecule has 0 radical (unpaired) electrons. The van der Waals surface area contributed by atoms with Gasteiger partial charge in [0.1, 0.15) is 0 Å². The van der Waals surface area contributed by atoms with Crippen molar-refractivity contribution in [2.24, 2.45) is 0 Å². The van der Waals surface area contributed by atoms with Gasteiger partial charge in [-0.25, -0.2) is 9.89 Å². The number of carbonyl (C=O) groups excluding carboxylic acids is 1. The lowest BCUT2D eigenvalue weighted by molar-refractivity contribution is 0.0274. The Balaban J connectivity index is 1.59. The first-order valence-corrected chi connectivity index (χ1v) is 8.57. The molecule has 0 aliphatic rings. The van der Waals surface area contributed by atoms with E-state index in [1.165, 1.54) is 11.3 Å². The zero-order valence-corrected chi connectivity index (χ0v) is 14.3. The van der Waals surface area contributed by atoms with Crippen molar-refractivity contribution in [3.05, 3.63) is 63.7 Å². The Labute approximate surface area is 150 Å². The molecular formula is C17H12N4O4S. The van der Waals surface area contributed by atoms with Crippen LogP contribution in [0.3, 0.4) is 0 Å². The van der Waals surface area contributed by atoms with Crippen LogP contribution in [-0.2, 0) is 4.74 Å². The van der Waals surface area contributed by atoms with Crippen molar-refractivity contribution < 1.29 is 13.9 Å². The van der Waals surface area contributed by atoms with Gasteiger partial charge in [-0.15, -0.1) is 21.5 Å². The first-order chi connectivity index (χ1) is 12.6. The highest BCUT2D eigenvalue weighted by Gasteiger charge is 2.23. The van der Waals surface area contributed by atoms with Crippen molar-refractivity contribution in [1.82, 2.24) is 20.4 Å². The molecule has 9 heteroatoms. The van der Waals surface area contributed by atoms with Crippen molar-refractivity contribution in [3.63, 3.8) is 0 Å². The van der Waals surface area contributed by atoms with Crippen LogP contribution >= 0.6 is 11.3 Å². The minimum atomic E-state index is -0.767. The molecule has 0 unspecified atom stereocenters. The van der Waals surface area contributed by atoms with E-state index in [0.29, 0.717) is 16.7 Å². The van der Waals surface area contributed by atoms with E-state index in [0.717, 1.165) is 4.88 Å². The van der Waals surface area contributed by atoms with Crippen molar-refractivity contribution >= 4 is 28.1 Å². The molecule has 1 N–H and O–H groups in total. The molecule has 0 spiro atoms. The number of carbonyl (C=O) groups is 1. The first kappa shape index (κ1) is 16.2. The zero-order chi connectivity index (χ0) is 18.1. The number of aromatic nitrogens is 4. The Hall–Kier alpha value is -3.33. The fourth-order valence-electron chi connectivity index (χ4n) is 2.44. The summed E-state index contributed by atoms with van der Waals surface area (Å²) in [5.41, 5.74) is -0.354. The summed E-state index contributed by atoms with van der Waals surface area (Å²) in [6, 6.07) is 10.4. The second kappa shape index (κ2) is 6.52. The lowest BCUT2D eigenvalue weighted by Gasteiger charge is -2.09. The zero-order valence-electron chi connectivity index (χ0n) is 13.5. The van der Waals surface area contributed by atoms with Crippen LogP contribution < -0.4 is 5.56 Å². The summed E-state index contributed by atoms with van der Waals surface area (Å²) in [6.07, 6.45) is -0.767. The summed E-state index contributed by atoms with van der Waals surface area (Å²) in [5.74, 6) is -0.151. The van der Waals surface area contributed by atoms with Crippen LogP contribution in [0, 0.1) is 0 Å². The quantitative estimate of drug-likeness (QED) is 0.551. The molecule has 0 saturated heterocycles. The summed E-state index contributed by atoms with van der Waals surface area (Å²) < 4.78 is 11.0. The molecule has 0 amide bonds. The fourth-order valence-corrected chi connectivity index (χ4v) is 3.08. The van der Waals surface area contributed by atoms with Crippen molar-refractivity contribution in [1.29, 1.82) is 0 Å². The Morgan fingerprint density at radius 3 is 2.77 bits per heavy atom. The number of nitrogens with one attached hydrogen (secondary N) is 1. The molecular weight excluding hydrogens is 356 g/mol. The highest BCUT2D eigenvalue weighted by atomic mass is 32.1. The van der Waals surface area contributed by atoms with Gasteiger partial charge in [0.2, 0.25) is 0 Å². The Morgan fingerprint density at radius 1 is 1.19 bits per heavy atom. The molecule has 0 fully saturated rings. The summed E-state index contributed by atoms with van der Waals surface area (Å²) in [4.78, 5) is 25.1. The average molecular weight is 368 g/mol. The second-order valence-electron chi connectivity index (χ2n) is 5.42. The number of benzene rings is 1. The first-order valence-electron chi connectivity index (χ1n) is 7.69. The number of H-pyrrole nitrogens is 1. The van der Waals surface area contributed by atoms with Gasteiger partial charge in [-0.1, -0.05) is 24.3 Å². The third kappa shape index (κ3) is 2.88. The highest BCUT2D eigenvalue weighted by Crippen LogP contribution is 2.26. The average Bonchev–Trinajstić information content (AvgIpc) is 3.33. The summed E-state index contributed by atoms with van der Waals surface area (Å²) in [5, 5.41) is 16.7. The normalized spacial score (nSPS) is 12.2. The Morgan fingerprint density at radius 2 is 2.00 bits per heavy atom. The van der Waals surface area contributed by atoms with E-state index in [1.54, 1.807) is 31.2 Å². The van der Waals surface area contributed by atoms with E-state index < -0.39 is 12.1 Å². The van der Waals surface area contributed by atoms with Gasteiger partial charge >= 0.3 is 5.97 Å². The van der Waals surface area contributed by atoms with Crippen LogP contribution in [0.5, 0.6) is 0 Å². The number of rotatable bonds is 4. The largest absolute Gasteiger partial charge is 0.448 e. The third-order valence-electron chi connectivity index (χ3n) is 3.69. The molecule has 1 aromatic carbocycles. The third-order valence-corrected chi connectivity index (χ3v) is 4.55. The molecule has 0 aliphatic heterocycles. The monoisotopic (exact) mass is 368 g/mol. The Bertz CT molecular complexity index is 1130. The van der Waals surface area contributed by atoms with E-state index in [1.807, 2.05) is 17.5 Å². The molecule has 3 aromatic heterocycles. The molecule has 0 bridgehead atoms. The number of hydrogen-bond acceptors (Lipinski definition) is 8. The number of fused-ring (bicyclic) bond motifs is 1. The van der Waals surface area contributed by atoms with E-state index in [2.05, 4.69) is 20.4 Å². The van der Waals surface area contributed by atoms with Crippen LogP contribution in [-0.4, -0.2) is 26.4 Å². The minimum absolute atomic E-state index is 0.0186. The second-order valence-corrected chi connectivity index (χ2v) is 6.36. The van der Waals surface area contributed by atoms with Crippen LogP contribution in [0.2, 0.25) is 0 Å². The molecule has 8 nitrogen and oxygen atoms in total. The van der Waals surface area contributed by atoms with Crippen molar-refractivity contribution in [2.45, 2.75) is 13.0 Å². The number of thiophene rings is 1. The highest BCUT2D eigenvalue weighted by molar-refractivity contribution is 7.13. The maximum absolute atomic E-state index is 12.5. The lowest BCUT2D eigenvalue weighted by atomic mass is 10.1. The standard InChI is InChI=1S/C17H12N4O4S/c1-9(15-20-21-16(25-15)12-7-4-8-26-12)24-17(23)13-10-5-2-3-6-11(10)14(22)19-18-13/h2-9H,1H3,(H,19,22)/t9-/m0/s1. The number of hydrogen-bond donors (Lipinski definition) is 1. The summed E-state index contributed by atoms with van der Waals surface area (Å²) >= 11 is 1.47. The number of aromatic amines is 1. The predicted octanol–water partition coefficient (Wildman–Crippen LogP) is 2.95. The van der Waals surface area contributed by atoms with Crippen molar-refractivity contribution in [2.75, 3.05) is 0 Å². The van der Waals surface area contributed by atoms with Crippen LogP contribution in [0.4, 0.5) is 0 Å². The predicted molar refractivity (Wildman–Crippen MR) is 93.8 cm³/mol. The van der Waals surface area contributed by atoms with Gasteiger partial charge in [-0.3, -0.25) is 4.79 Å². The maximum Gasteiger partial charge on any atom is 0.360 e. The molecule has 0 saturated carbocycles. The molecule has 130 valence electrons. The van der Waals surface area contributed by atoms with Gasteiger partial charge in [0.15, 0.2) is 11.8 Å². The summed E-state index contributed by atoms with van der Waals surface area (Å²) in [7, 11) is 0. The molecule has 4 aromatic rings. The van der Waals surface area contributed by atoms with Gasteiger partial charge in [0.25, 0.3) is 17.3 Å². The van der Waals surface area contributed by atoms with E-state index in [9.17, 15) is 9.59 Å². The SMILES string of the molecule is C[C@H](OC(=O)c1n[nH]c(=O)c2ccccc12)c1nnc(-c2cccs2)o1. The number of esters is 1. The topological polar surface area (TPSA) is 111 Å².